The third kappa shape index (κ3) is 2.21. The molecule has 1 heterocycles. The number of nitrogens with zero attached hydrogens (tertiary/aromatic N) is 1. The van der Waals surface area contributed by atoms with Crippen molar-refractivity contribution in [3.8, 4) is 5.75 Å². The van der Waals surface area contributed by atoms with E-state index in [1.807, 2.05) is 30.0 Å². The summed E-state index contributed by atoms with van der Waals surface area (Å²) in [5.74, 6) is 3.27. The van der Waals surface area contributed by atoms with Crippen molar-refractivity contribution in [2.75, 3.05) is 36.3 Å². The van der Waals surface area contributed by atoms with Crippen LogP contribution in [0, 0.1) is 0 Å². The Morgan fingerprint density at radius 1 is 1.50 bits per heavy atom. The summed E-state index contributed by atoms with van der Waals surface area (Å²) in [7, 11) is 3.78. The molecule has 1 aromatic rings. The van der Waals surface area contributed by atoms with Crippen LogP contribution < -0.4 is 15.4 Å². The van der Waals surface area contributed by atoms with E-state index >= 15 is 0 Å². The fourth-order valence-corrected chi connectivity index (χ4v) is 3.27. The summed E-state index contributed by atoms with van der Waals surface area (Å²) in [6, 6.07) is 6.50. The zero-order valence-electron chi connectivity index (χ0n) is 9.77. The summed E-state index contributed by atoms with van der Waals surface area (Å²) < 4.78 is 5.15. The quantitative estimate of drug-likeness (QED) is 0.820. The second-order valence-corrected chi connectivity index (χ2v) is 5.20. The fourth-order valence-electron chi connectivity index (χ4n) is 2.01. The molecular formula is C12H18N2OS. The van der Waals surface area contributed by atoms with Gasteiger partial charge in [0.2, 0.25) is 0 Å². The van der Waals surface area contributed by atoms with Crippen LogP contribution in [0.25, 0.3) is 0 Å². The smallest absolute Gasteiger partial charge is 0.121 e. The van der Waals surface area contributed by atoms with Crippen LogP contribution in [0.1, 0.15) is 6.42 Å². The number of methoxy groups -OCH3 is 1. The lowest BCUT2D eigenvalue weighted by Gasteiger charge is -2.27. The van der Waals surface area contributed by atoms with Crippen LogP contribution in [0.3, 0.4) is 0 Å². The highest BCUT2D eigenvalue weighted by Crippen LogP contribution is 2.31. The number of ether oxygens (including phenoxy) is 1. The van der Waals surface area contributed by atoms with E-state index in [4.69, 9.17) is 10.5 Å². The predicted octanol–water partition coefficient (Wildman–Crippen LogP) is 2.22. The molecule has 1 saturated heterocycles. The second-order valence-electron chi connectivity index (χ2n) is 4.05. The van der Waals surface area contributed by atoms with E-state index in [2.05, 4.69) is 11.9 Å². The first-order valence-electron chi connectivity index (χ1n) is 5.46. The molecule has 16 heavy (non-hydrogen) atoms. The zero-order valence-corrected chi connectivity index (χ0v) is 10.6. The first kappa shape index (κ1) is 11.5. The standard InChI is InChI=1S/C12H18N2OS/c1-14(9-5-6-16-8-9)12-4-3-10(15-2)7-11(12)13/h3-4,7,9H,5-6,8,13H2,1-2H3. The van der Waals surface area contributed by atoms with Gasteiger partial charge in [0, 0.05) is 24.9 Å². The molecule has 0 bridgehead atoms. The second kappa shape index (κ2) is 4.87. The number of hydrogen-bond donors (Lipinski definition) is 1. The van der Waals surface area contributed by atoms with E-state index in [0.29, 0.717) is 6.04 Å². The largest absolute Gasteiger partial charge is 0.497 e. The van der Waals surface area contributed by atoms with E-state index < -0.39 is 0 Å². The molecule has 2 N–H and O–H groups in total. The van der Waals surface area contributed by atoms with Gasteiger partial charge in [-0.1, -0.05) is 0 Å². The maximum Gasteiger partial charge on any atom is 0.121 e. The Morgan fingerprint density at radius 3 is 2.88 bits per heavy atom. The molecule has 0 amide bonds. The van der Waals surface area contributed by atoms with Crippen molar-refractivity contribution in [1.82, 2.24) is 0 Å². The third-order valence-corrected chi connectivity index (χ3v) is 4.21. The van der Waals surface area contributed by atoms with Crippen molar-refractivity contribution in [3.63, 3.8) is 0 Å². The molecule has 0 aromatic heterocycles. The monoisotopic (exact) mass is 238 g/mol. The highest BCUT2D eigenvalue weighted by atomic mass is 32.2. The molecule has 0 saturated carbocycles. The molecular weight excluding hydrogens is 220 g/mol. The molecule has 4 heteroatoms. The van der Waals surface area contributed by atoms with Gasteiger partial charge in [0.1, 0.15) is 5.75 Å². The molecule has 1 aliphatic rings. The number of thioether (sulfide) groups is 1. The number of nitrogens with two attached hydrogens (primary N) is 1. The van der Waals surface area contributed by atoms with Gasteiger partial charge in [-0.25, -0.2) is 0 Å². The lowest BCUT2D eigenvalue weighted by Crippen LogP contribution is -2.31. The molecule has 88 valence electrons. The van der Waals surface area contributed by atoms with Gasteiger partial charge in [-0.2, -0.15) is 11.8 Å². The van der Waals surface area contributed by atoms with E-state index in [-0.39, 0.29) is 0 Å². The summed E-state index contributed by atoms with van der Waals surface area (Å²) in [6.07, 6.45) is 1.24. The number of benzene rings is 1. The SMILES string of the molecule is COc1ccc(N(C)C2CCSC2)c(N)c1. The van der Waals surface area contributed by atoms with Crippen LogP contribution in [0.4, 0.5) is 11.4 Å². The molecule has 1 fully saturated rings. The molecule has 1 aliphatic heterocycles. The van der Waals surface area contributed by atoms with Crippen molar-refractivity contribution >= 4 is 23.1 Å². The van der Waals surface area contributed by atoms with Gasteiger partial charge in [-0.15, -0.1) is 0 Å². The van der Waals surface area contributed by atoms with Crippen LogP contribution in [-0.4, -0.2) is 31.7 Å². The Hall–Kier alpha value is -1.03. The van der Waals surface area contributed by atoms with E-state index in [9.17, 15) is 0 Å². The molecule has 1 aromatic carbocycles. The van der Waals surface area contributed by atoms with Gasteiger partial charge < -0.3 is 15.4 Å². The Balaban J connectivity index is 2.19. The average Bonchev–Trinajstić information content (AvgIpc) is 2.81. The van der Waals surface area contributed by atoms with Gasteiger partial charge >= 0.3 is 0 Å². The highest BCUT2D eigenvalue weighted by molar-refractivity contribution is 7.99. The Kier molecular flexibility index (Phi) is 3.49. The Bertz CT molecular complexity index is 364. The summed E-state index contributed by atoms with van der Waals surface area (Å²) in [4.78, 5) is 2.29. The highest BCUT2D eigenvalue weighted by Gasteiger charge is 2.21. The maximum absolute atomic E-state index is 6.04. The van der Waals surface area contributed by atoms with Crippen LogP contribution in [0.5, 0.6) is 5.75 Å². The van der Waals surface area contributed by atoms with Crippen molar-refractivity contribution in [3.05, 3.63) is 18.2 Å². The van der Waals surface area contributed by atoms with Crippen LogP contribution >= 0.6 is 11.8 Å². The van der Waals surface area contributed by atoms with Gasteiger partial charge in [0.05, 0.1) is 18.5 Å². The lowest BCUT2D eigenvalue weighted by atomic mass is 10.2. The topological polar surface area (TPSA) is 38.5 Å². The minimum absolute atomic E-state index is 0.612. The summed E-state index contributed by atoms with van der Waals surface area (Å²) >= 11 is 2.01. The van der Waals surface area contributed by atoms with E-state index in [1.165, 1.54) is 17.9 Å². The molecule has 0 radical (unpaired) electrons. The third-order valence-electron chi connectivity index (χ3n) is 3.07. The summed E-state index contributed by atoms with van der Waals surface area (Å²) in [6.45, 7) is 0. The fraction of sp³-hybridized carbons (Fsp3) is 0.500. The van der Waals surface area contributed by atoms with Crippen molar-refractivity contribution in [2.24, 2.45) is 0 Å². The number of rotatable bonds is 3. The zero-order chi connectivity index (χ0) is 11.5. The van der Waals surface area contributed by atoms with Gasteiger partial charge in [-0.05, 0) is 24.3 Å². The first-order chi connectivity index (χ1) is 7.72. The van der Waals surface area contributed by atoms with E-state index in [1.54, 1.807) is 7.11 Å². The van der Waals surface area contributed by atoms with Crippen molar-refractivity contribution in [2.45, 2.75) is 12.5 Å². The lowest BCUT2D eigenvalue weighted by molar-refractivity contribution is 0.415. The number of nitrogen functional groups attached to an aromatic ring is 1. The summed E-state index contributed by atoms with van der Waals surface area (Å²) in [5, 5.41) is 0. The van der Waals surface area contributed by atoms with Crippen LogP contribution in [0.2, 0.25) is 0 Å². The van der Waals surface area contributed by atoms with Gasteiger partial charge in [0.25, 0.3) is 0 Å². The first-order valence-corrected chi connectivity index (χ1v) is 6.62. The van der Waals surface area contributed by atoms with Crippen LogP contribution in [-0.2, 0) is 0 Å². The maximum atomic E-state index is 6.04. The minimum Gasteiger partial charge on any atom is -0.497 e. The molecule has 2 rings (SSSR count). The molecule has 1 unspecified atom stereocenters. The molecule has 0 spiro atoms. The van der Waals surface area contributed by atoms with Crippen LogP contribution in [0.15, 0.2) is 18.2 Å². The predicted molar refractivity (Wildman–Crippen MR) is 71.5 cm³/mol. The van der Waals surface area contributed by atoms with E-state index in [0.717, 1.165) is 17.1 Å². The molecule has 0 aliphatic carbocycles. The summed E-state index contributed by atoms with van der Waals surface area (Å²) in [5.41, 5.74) is 7.93. The van der Waals surface area contributed by atoms with Gasteiger partial charge in [0.15, 0.2) is 0 Å². The molecule has 3 nitrogen and oxygen atoms in total. The van der Waals surface area contributed by atoms with Crippen molar-refractivity contribution in [1.29, 1.82) is 0 Å². The number of anilines is 2. The minimum atomic E-state index is 0.612. The van der Waals surface area contributed by atoms with Crippen molar-refractivity contribution < 1.29 is 4.74 Å². The Labute approximate surface area is 101 Å². The Morgan fingerprint density at radius 2 is 2.31 bits per heavy atom. The number of hydrogen-bond acceptors (Lipinski definition) is 4. The van der Waals surface area contributed by atoms with Gasteiger partial charge in [-0.3, -0.25) is 0 Å². The average molecular weight is 238 g/mol. The normalized spacial score (nSPS) is 19.8. The molecule has 1 atom stereocenters.